The van der Waals surface area contributed by atoms with Gasteiger partial charge in [0.05, 0.1) is 0 Å². The molecule has 2 rings (SSSR count). The first-order valence-electron chi connectivity index (χ1n) is 8.79. The number of hydrazine groups is 1. The lowest BCUT2D eigenvalue weighted by atomic mass is 10.1. The lowest BCUT2D eigenvalue weighted by Crippen LogP contribution is -2.48. The molecular formula is C21H26N2O4. The van der Waals surface area contributed by atoms with Crippen molar-refractivity contribution in [3.05, 3.63) is 58.7 Å². The van der Waals surface area contributed by atoms with Crippen LogP contribution in [0.5, 0.6) is 11.5 Å². The van der Waals surface area contributed by atoms with Crippen LogP contribution in [0.1, 0.15) is 29.2 Å². The van der Waals surface area contributed by atoms with Crippen LogP contribution in [0.2, 0.25) is 0 Å². The number of ether oxygens (including phenoxy) is 2. The molecule has 0 fully saturated rings. The van der Waals surface area contributed by atoms with Gasteiger partial charge in [-0.3, -0.25) is 20.4 Å². The summed E-state index contributed by atoms with van der Waals surface area (Å²) in [4.78, 5) is 24.0. The molecule has 6 heteroatoms. The highest BCUT2D eigenvalue weighted by molar-refractivity contribution is 5.85. The van der Waals surface area contributed by atoms with Crippen LogP contribution < -0.4 is 20.3 Å². The maximum absolute atomic E-state index is 12.1. The predicted octanol–water partition coefficient (Wildman–Crippen LogP) is 2.91. The molecular weight excluding hydrogens is 344 g/mol. The standard InChI is InChI=1S/C21H26N2O4/c1-13-9-14(2)11-18(10-13)26-12-20(24)22-23-21(25)17(5)27-19-8-6-7-15(3)16(19)4/h6-11,17H,12H2,1-5H3,(H,22,24)(H,23,25)/t17-/m0/s1. The van der Waals surface area contributed by atoms with Crippen LogP contribution in [-0.4, -0.2) is 24.5 Å². The molecule has 0 aliphatic heterocycles. The summed E-state index contributed by atoms with van der Waals surface area (Å²) in [6, 6.07) is 11.4. The Bertz CT molecular complexity index is 813. The van der Waals surface area contributed by atoms with Gasteiger partial charge in [-0.25, -0.2) is 0 Å². The monoisotopic (exact) mass is 370 g/mol. The van der Waals surface area contributed by atoms with Crippen molar-refractivity contribution in [3.63, 3.8) is 0 Å². The smallest absolute Gasteiger partial charge is 0.279 e. The van der Waals surface area contributed by atoms with Gasteiger partial charge in [0.2, 0.25) is 0 Å². The second kappa shape index (κ2) is 9.07. The number of amides is 2. The molecule has 0 saturated carbocycles. The molecule has 0 unspecified atom stereocenters. The quantitative estimate of drug-likeness (QED) is 0.767. The Morgan fingerprint density at radius 3 is 2.33 bits per heavy atom. The van der Waals surface area contributed by atoms with E-state index in [2.05, 4.69) is 10.9 Å². The van der Waals surface area contributed by atoms with Crippen LogP contribution in [0.15, 0.2) is 36.4 Å². The minimum absolute atomic E-state index is 0.199. The van der Waals surface area contributed by atoms with Crippen molar-refractivity contribution in [2.45, 2.75) is 40.7 Å². The zero-order valence-electron chi connectivity index (χ0n) is 16.4. The Kier molecular flexibility index (Phi) is 6.82. The van der Waals surface area contributed by atoms with Gasteiger partial charge >= 0.3 is 0 Å². The van der Waals surface area contributed by atoms with Gasteiger partial charge in [0.15, 0.2) is 12.7 Å². The minimum atomic E-state index is -0.758. The third-order valence-corrected chi connectivity index (χ3v) is 4.12. The Labute approximate surface area is 159 Å². The second-order valence-electron chi connectivity index (χ2n) is 6.61. The number of carbonyl (C=O) groups excluding carboxylic acids is 2. The maximum Gasteiger partial charge on any atom is 0.279 e. The van der Waals surface area contributed by atoms with Gasteiger partial charge in [-0.2, -0.15) is 0 Å². The Hall–Kier alpha value is -3.02. The Balaban J connectivity index is 1.80. The molecule has 1 atom stereocenters. The number of nitrogens with one attached hydrogen (secondary N) is 2. The van der Waals surface area contributed by atoms with E-state index in [1.807, 2.05) is 64.1 Å². The maximum atomic E-state index is 12.1. The lowest BCUT2D eigenvalue weighted by Gasteiger charge is -2.17. The summed E-state index contributed by atoms with van der Waals surface area (Å²) < 4.78 is 11.1. The molecule has 27 heavy (non-hydrogen) atoms. The molecule has 0 aromatic heterocycles. The number of hydrogen-bond acceptors (Lipinski definition) is 4. The fourth-order valence-corrected chi connectivity index (χ4v) is 2.53. The molecule has 0 aliphatic rings. The molecule has 2 amide bonds. The van der Waals surface area contributed by atoms with Gasteiger partial charge in [0.1, 0.15) is 11.5 Å². The summed E-state index contributed by atoms with van der Waals surface area (Å²) in [6.45, 7) is 9.24. The fraction of sp³-hybridized carbons (Fsp3) is 0.333. The zero-order chi connectivity index (χ0) is 20.0. The molecule has 0 bridgehead atoms. The topological polar surface area (TPSA) is 76.7 Å². The van der Waals surface area contributed by atoms with Gasteiger partial charge in [-0.15, -0.1) is 0 Å². The number of carbonyl (C=O) groups is 2. The summed E-state index contributed by atoms with van der Waals surface area (Å²) in [7, 11) is 0. The summed E-state index contributed by atoms with van der Waals surface area (Å²) in [6.07, 6.45) is -0.758. The molecule has 2 N–H and O–H groups in total. The second-order valence-corrected chi connectivity index (χ2v) is 6.61. The van der Waals surface area contributed by atoms with E-state index in [9.17, 15) is 9.59 Å². The van der Waals surface area contributed by atoms with Crippen molar-refractivity contribution < 1.29 is 19.1 Å². The normalized spacial score (nSPS) is 11.4. The zero-order valence-corrected chi connectivity index (χ0v) is 16.4. The third-order valence-electron chi connectivity index (χ3n) is 4.12. The van der Waals surface area contributed by atoms with E-state index < -0.39 is 17.9 Å². The van der Waals surface area contributed by atoms with Crippen molar-refractivity contribution >= 4 is 11.8 Å². The van der Waals surface area contributed by atoms with Gasteiger partial charge in [-0.05, 0) is 75.1 Å². The van der Waals surface area contributed by atoms with Crippen molar-refractivity contribution in [2.24, 2.45) is 0 Å². The number of rotatable bonds is 6. The highest BCUT2D eigenvalue weighted by atomic mass is 16.5. The molecule has 0 heterocycles. The van der Waals surface area contributed by atoms with Crippen LogP contribution in [0, 0.1) is 27.7 Å². The van der Waals surface area contributed by atoms with Gasteiger partial charge < -0.3 is 9.47 Å². The fourth-order valence-electron chi connectivity index (χ4n) is 2.53. The van der Waals surface area contributed by atoms with Crippen LogP contribution >= 0.6 is 0 Å². The van der Waals surface area contributed by atoms with Crippen molar-refractivity contribution in [1.29, 1.82) is 0 Å². The average Bonchev–Trinajstić information content (AvgIpc) is 2.61. The van der Waals surface area contributed by atoms with E-state index >= 15 is 0 Å². The Morgan fingerprint density at radius 2 is 1.67 bits per heavy atom. The number of aryl methyl sites for hydroxylation is 3. The van der Waals surface area contributed by atoms with Crippen molar-refractivity contribution in [2.75, 3.05) is 6.61 Å². The summed E-state index contributed by atoms with van der Waals surface area (Å²) >= 11 is 0. The van der Waals surface area contributed by atoms with Crippen molar-refractivity contribution in [1.82, 2.24) is 10.9 Å². The molecule has 0 aliphatic carbocycles. The highest BCUT2D eigenvalue weighted by Crippen LogP contribution is 2.21. The van der Waals surface area contributed by atoms with Gasteiger partial charge in [-0.1, -0.05) is 18.2 Å². The molecule has 2 aromatic carbocycles. The first-order valence-corrected chi connectivity index (χ1v) is 8.79. The highest BCUT2D eigenvalue weighted by Gasteiger charge is 2.17. The van der Waals surface area contributed by atoms with E-state index in [4.69, 9.17) is 9.47 Å². The molecule has 0 radical (unpaired) electrons. The van der Waals surface area contributed by atoms with Crippen LogP contribution in [0.25, 0.3) is 0 Å². The van der Waals surface area contributed by atoms with E-state index in [1.165, 1.54) is 0 Å². The van der Waals surface area contributed by atoms with Crippen LogP contribution in [-0.2, 0) is 9.59 Å². The summed E-state index contributed by atoms with van der Waals surface area (Å²) in [5, 5.41) is 0. The SMILES string of the molecule is Cc1cc(C)cc(OCC(=O)NNC(=O)[C@H](C)Oc2cccc(C)c2C)c1. The number of hydrogen-bond donors (Lipinski definition) is 2. The largest absolute Gasteiger partial charge is 0.484 e. The number of benzene rings is 2. The Morgan fingerprint density at radius 1 is 1.00 bits per heavy atom. The van der Waals surface area contributed by atoms with E-state index in [-0.39, 0.29) is 6.61 Å². The predicted molar refractivity (Wildman–Crippen MR) is 104 cm³/mol. The van der Waals surface area contributed by atoms with Crippen LogP contribution in [0.4, 0.5) is 0 Å². The van der Waals surface area contributed by atoms with Gasteiger partial charge in [0.25, 0.3) is 11.8 Å². The molecule has 0 saturated heterocycles. The first-order chi connectivity index (χ1) is 12.8. The van der Waals surface area contributed by atoms with E-state index in [1.54, 1.807) is 6.92 Å². The summed E-state index contributed by atoms with van der Waals surface area (Å²) in [5.41, 5.74) is 8.84. The van der Waals surface area contributed by atoms with E-state index in [0.29, 0.717) is 11.5 Å². The summed E-state index contributed by atoms with van der Waals surface area (Å²) in [5.74, 6) is 0.347. The van der Waals surface area contributed by atoms with Crippen molar-refractivity contribution in [3.8, 4) is 11.5 Å². The van der Waals surface area contributed by atoms with Crippen LogP contribution in [0.3, 0.4) is 0 Å². The molecule has 144 valence electrons. The molecule has 0 spiro atoms. The van der Waals surface area contributed by atoms with Gasteiger partial charge in [0, 0.05) is 0 Å². The molecule has 2 aromatic rings. The molecule has 6 nitrogen and oxygen atoms in total. The third kappa shape index (κ3) is 6.02. The minimum Gasteiger partial charge on any atom is -0.484 e. The first kappa shape index (κ1) is 20.3. The average molecular weight is 370 g/mol. The lowest BCUT2D eigenvalue weighted by molar-refractivity contribution is -0.133. The van der Waals surface area contributed by atoms with E-state index in [0.717, 1.165) is 22.3 Å².